The van der Waals surface area contributed by atoms with Gasteiger partial charge in [-0.2, -0.15) is 0 Å². The van der Waals surface area contributed by atoms with Gasteiger partial charge >= 0.3 is 6.09 Å². The van der Waals surface area contributed by atoms with E-state index < -0.39 is 0 Å². The number of likely N-dealkylation sites (tertiary alicyclic amines) is 1. The molecule has 2 atom stereocenters. The number of alkyl carbamates (subject to hydrolysis) is 1. The molecule has 0 radical (unpaired) electrons. The minimum Gasteiger partial charge on any atom is -0.453 e. The third kappa shape index (κ3) is 3.50. The Labute approximate surface area is 127 Å². The molecule has 1 heterocycles. The summed E-state index contributed by atoms with van der Waals surface area (Å²) in [4.78, 5) is 13.6. The van der Waals surface area contributed by atoms with Crippen molar-refractivity contribution in [3.63, 3.8) is 0 Å². The standard InChI is InChI=1S/C14H20BrN3O2/c1-20-14(19)17-10-6-7-18(9-10)13(8-16)11-4-2-3-5-12(11)15/h2-5,10,13H,6-9,16H2,1H3,(H,17,19). The first-order valence-electron chi connectivity index (χ1n) is 6.68. The first-order valence-corrected chi connectivity index (χ1v) is 7.48. The summed E-state index contributed by atoms with van der Waals surface area (Å²) in [6, 6.07) is 8.41. The quantitative estimate of drug-likeness (QED) is 0.877. The number of benzene rings is 1. The van der Waals surface area contributed by atoms with Crippen LogP contribution in [0, 0.1) is 0 Å². The van der Waals surface area contributed by atoms with Gasteiger partial charge in [-0.15, -0.1) is 0 Å². The lowest BCUT2D eigenvalue weighted by Crippen LogP contribution is -2.39. The lowest BCUT2D eigenvalue weighted by Gasteiger charge is -2.28. The molecule has 0 aliphatic carbocycles. The number of carbonyl (C=O) groups excluding carboxylic acids is 1. The van der Waals surface area contributed by atoms with E-state index in [0.717, 1.165) is 24.0 Å². The molecule has 0 spiro atoms. The van der Waals surface area contributed by atoms with Gasteiger partial charge in [0.15, 0.2) is 0 Å². The number of halogens is 1. The van der Waals surface area contributed by atoms with Gasteiger partial charge in [0, 0.05) is 36.2 Å². The Balaban J connectivity index is 2.03. The highest BCUT2D eigenvalue weighted by Crippen LogP contribution is 2.29. The van der Waals surface area contributed by atoms with E-state index >= 15 is 0 Å². The van der Waals surface area contributed by atoms with Crippen molar-refractivity contribution >= 4 is 22.0 Å². The van der Waals surface area contributed by atoms with Crippen molar-refractivity contribution in [1.82, 2.24) is 10.2 Å². The molecule has 0 bridgehead atoms. The maximum absolute atomic E-state index is 11.3. The fraction of sp³-hybridized carbons (Fsp3) is 0.500. The fourth-order valence-corrected chi connectivity index (χ4v) is 3.18. The van der Waals surface area contributed by atoms with Crippen LogP contribution in [0.5, 0.6) is 0 Å². The molecule has 1 aromatic carbocycles. The van der Waals surface area contributed by atoms with Crippen LogP contribution in [-0.2, 0) is 4.74 Å². The van der Waals surface area contributed by atoms with Crippen molar-refractivity contribution in [3.05, 3.63) is 34.3 Å². The zero-order valence-corrected chi connectivity index (χ0v) is 13.1. The van der Waals surface area contributed by atoms with E-state index in [1.165, 1.54) is 12.7 Å². The van der Waals surface area contributed by atoms with Gasteiger partial charge in [-0.3, -0.25) is 4.90 Å². The van der Waals surface area contributed by atoms with Crippen LogP contribution < -0.4 is 11.1 Å². The molecule has 110 valence electrons. The number of ether oxygens (including phenoxy) is 1. The van der Waals surface area contributed by atoms with Crippen LogP contribution in [0.3, 0.4) is 0 Å². The van der Waals surface area contributed by atoms with Gasteiger partial charge in [0.05, 0.1) is 7.11 Å². The van der Waals surface area contributed by atoms with E-state index in [9.17, 15) is 4.79 Å². The molecule has 0 saturated carbocycles. The second kappa shape index (κ2) is 7.06. The summed E-state index contributed by atoms with van der Waals surface area (Å²) >= 11 is 3.58. The van der Waals surface area contributed by atoms with Gasteiger partial charge in [-0.25, -0.2) is 4.79 Å². The molecule has 1 aromatic rings. The predicted octanol–water partition coefficient (Wildman–Crippen LogP) is 1.88. The monoisotopic (exact) mass is 341 g/mol. The summed E-state index contributed by atoms with van der Waals surface area (Å²) in [5.74, 6) is 0. The van der Waals surface area contributed by atoms with Crippen LogP contribution >= 0.6 is 15.9 Å². The van der Waals surface area contributed by atoms with Crippen molar-refractivity contribution in [3.8, 4) is 0 Å². The van der Waals surface area contributed by atoms with E-state index in [0.29, 0.717) is 6.54 Å². The highest BCUT2D eigenvalue weighted by molar-refractivity contribution is 9.10. The lowest BCUT2D eigenvalue weighted by molar-refractivity contribution is 0.165. The smallest absolute Gasteiger partial charge is 0.407 e. The van der Waals surface area contributed by atoms with Gasteiger partial charge in [0.1, 0.15) is 0 Å². The summed E-state index contributed by atoms with van der Waals surface area (Å²) in [6.45, 7) is 2.25. The summed E-state index contributed by atoms with van der Waals surface area (Å²) in [5, 5.41) is 2.85. The molecular weight excluding hydrogens is 322 g/mol. The average Bonchev–Trinajstić information content (AvgIpc) is 2.90. The summed E-state index contributed by atoms with van der Waals surface area (Å²) in [7, 11) is 1.38. The Hall–Kier alpha value is -1.11. The molecular formula is C14H20BrN3O2. The number of nitrogens with one attached hydrogen (secondary N) is 1. The minimum atomic E-state index is -0.373. The third-order valence-electron chi connectivity index (χ3n) is 3.66. The molecule has 1 aliphatic rings. The first-order chi connectivity index (χ1) is 9.65. The largest absolute Gasteiger partial charge is 0.453 e. The maximum Gasteiger partial charge on any atom is 0.407 e. The van der Waals surface area contributed by atoms with Crippen molar-refractivity contribution < 1.29 is 9.53 Å². The Morgan fingerprint density at radius 1 is 1.60 bits per heavy atom. The molecule has 1 amide bonds. The van der Waals surface area contributed by atoms with Crippen LogP contribution in [0.15, 0.2) is 28.7 Å². The van der Waals surface area contributed by atoms with Crippen molar-refractivity contribution in [2.75, 3.05) is 26.7 Å². The number of rotatable bonds is 4. The van der Waals surface area contributed by atoms with Crippen LogP contribution in [-0.4, -0.2) is 43.8 Å². The van der Waals surface area contributed by atoms with Gasteiger partial charge in [-0.1, -0.05) is 34.1 Å². The SMILES string of the molecule is COC(=O)NC1CCN(C(CN)c2ccccc2Br)C1. The second-order valence-corrected chi connectivity index (χ2v) is 5.74. The molecule has 2 rings (SSSR count). The molecule has 20 heavy (non-hydrogen) atoms. The number of hydrogen-bond acceptors (Lipinski definition) is 4. The Morgan fingerprint density at radius 3 is 3.00 bits per heavy atom. The molecule has 1 aliphatic heterocycles. The van der Waals surface area contributed by atoms with Crippen LogP contribution in [0.25, 0.3) is 0 Å². The van der Waals surface area contributed by atoms with E-state index in [-0.39, 0.29) is 18.2 Å². The fourth-order valence-electron chi connectivity index (χ4n) is 2.63. The van der Waals surface area contributed by atoms with Gasteiger partial charge in [0.25, 0.3) is 0 Å². The number of hydrogen-bond donors (Lipinski definition) is 2. The van der Waals surface area contributed by atoms with Gasteiger partial charge < -0.3 is 15.8 Å². The Morgan fingerprint density at radius 2 is 2.35 bits per heavy atom. The van der Waals surface area contributed by atoms with Crippen LogP contribution in [0.2, 0.25) is 0 Å². The van der Waals surface area contributed by atoms with Crippen molar-refractivity contribution in [1.29, 1.82) is 0 Å². The van der Waals surface area contributed by atoms with Crippen LogP contribution in [0.4, 0.5) is 4.79 Å². The molecule has 1 fully saturated rings. The molecule has 1 saturated heterocycles. The second-order valence-electron chi connectivity index (χ2n) is 4.89. The van der Waals surface area contributed by atoms with Crippen molar-refractivity contribution in [2.24, 2.45) is 5.73 Å². The van der Waals surface area contributed by atoms with Crippen LogP contribution in [0.1, 0.15) is 18.0 Å². The highest BCUT2D eigenvalue weighted by Gasteiger charge is 2.30. The van der Waals surface area contributed by atoms with Gasteiger partial charge in [-0.05, 0) is 18.1 Å². The third-order valence-corrected chi connectivity index (χ3v) is 4.38. The zero-order chi connectivity index (χ0) is 14.5. The highest BCUT2D eigenvalue weighted by atomic mass is 79.9. The Bertz CT molecular complexity index is 469. The lowest BCUT2D eigenvalue weighted by atomic mass is 10.1. The maximum atomic E-state index is 11.3. The number of methoxy groups -OCH3 is 1. The number of amides is 1. The topological polar surface area (TPSA) is 67.6 Å². The molecule has 0 aromatic heterocycles. The summed E-state index contributed by atoms with van der Waals surface area (Å²) in [6.07, 6.45) is 0.540. The predicted molar refractivity (Wildman–Crippen MR) is 81.5 cm³/mol. The summed E-state index contributed by atoms with van der Waals surface area (Å²) < 4.78 is 5.71. The zero-order valence-electron chi connectivity index (χ0n) is 11.5. The van der Waals surface area contributed by atoms with Gasteiger partial charge in [0.2, 0.25) is 0 Å². The number of nitrogens with two attached hydrogens (primary N) is 1. The number of carbonyl (C=O) groups is 1. The minimum absolute atomic E-state index is 0.124. The first kappa shape index (κ1) is 15.3. The van der Waals surface area contributed by atoms with E-state index in [1.807, 2.05) is 18.2 Å². The normalized spacial score (nSPS) is 20.6. The number of nitrogens with zero attached hydrogens (tertiary/aromatic N) is 1. The van der Waals surface area contributed by atoms with Crippen molar-refractivity contribution in [2.45, 2.75) is 18.5 Å². The van der Waals surface area contributed by atoms with E-state index in [2.05, 4.69) is 36.9 Å². The molecule has 5 nitrogen and oxygen atoms in total. The molecule has 6 heteroatoms. The van der Waals surface area contributed by atoms with E-state index in [4.69, 9.17) is 5.73 Å². The average molecular weight is 342 g/mol. The Kier molecular flexibility index (Phi) is 5.39. The van der Waals surface area contributed by atoms with E-state index in [1.54, 1.807) is 0 Å². The summed E-state index contributed by atoms with van der Waals surface area (Å²) in [5.41, 5.74) is 7.14. The molecule has 3 N–H and O–H groups in total. The molecule has 2 unspecified atom stereocenters.